The molecule has 0 aromatic heterocycles. The molecule has 1 fully saturated rings. The molecule has 0 bridgehead atoms. The fourth-order valence-electron chi connectivity index (χ4n) is 2.03. The Morgan fingerprint density at radius 3 is 2.20 bits per heavy atom. The number of hydrogen-bond acceptors (Lipinski definition) is 2. The van der Waals surface area contributed by atoms with Crippen molar-refractivity contribution in [2.75, 3.05) is 0 Å². The second-order valence-corrected chi connectivity index (χ2v) is 5.72. The number of ether oxygens (including phenoxy) is 1. The first kappa shape index (κ1) is 12.3. The van der Waals surface area contributed by atoms with Crippen LogP contribution in [-0.2, 0) is 4.74 Å². The minimum absolute atomic E-state index is 0.00752. The van der Waals surface area contributed by atoms with Crippen molar-refractivity contribution in [3.05, 3.63) is 0 Å². The second-order valence-electron chi connectivity index (χ2n) is 5.72. The van der Waals surface area contributed by atoms with Gasteiger partial charge < -0.3 is 10.5 Å². The molecule has 0 radical (unpaired) electrons. The number of rotatable bonds is 1. The van der Waals surface area contributed by atoms with Crippen molar-refractivity contribution in [2.45, 2.75) is 70.9 Å². The summed E-state index contributed by atoms with van der Waals surface area (Å²) >= 11 is 0. The molecule has 0 saturated heterocycles. The van der Waals surface area contributed by atoms with Gasteiger partial charge in [-0.3, -0.25) is 0 Å². The molecule has 1 saturated carbocycles. The average Bonchev–Trinajstić information content (AvgIpc) is 1.99. The first-order valence-corrected chi connectivity index (χ1v) is 5.85. The summed E-state index contributed by atoms with van der Waals surface area (Å²) in [6.45, 7) is 8.13. The minimum Gasteiger partial charge on any atom is -0.460 e. The molecule has 1 rings (SSSR count). The van der Waals surface area contributed by atoms with Gasteiger partial charge in [-0.05, 0) is 40.5 Å². The van der Waals surface area contributed by atoms with E-state index in [2.05, 4.69) is 11.9 Å². The Morgan fingerprint density at radius 2 is 1.73 bits per heavy atom. The van der Waals surface area contributed by atoms with Crippen LogP contribution in [0.2, 0.25) is 0 Å². The fourth-order valence-corrected chi connectivity index (χ4v) is 2.03. The van der Waals surface area contributed by atoms with Gasteiger partial charge in [-0.2, -0.15) is 0 Å². The predicted molar refractivity (Wildman–Crippen MR) is 64.0 cm³/mol. The van der Waals surface area contributed by atoms with Crippen molar-refractivity contribution in [1.82, 2.24) is 0 Å². The van der Waals surface area contributed by atoms with E-state index in [1.54, 1.807) is 0 Å². The summed E-state index contributed by atoms with van der Waals surface area (Å²) in [4.78, 5) is 4.53. The van der Waals surface area contributed by atoms with E-state index in [1.807, 2.05) is 20.8 Å². The van der Waals surface area contributed by atoms with Gasteiger partial charge in [0.25, 0.3) is 6.02 Å². The molecule has 0 aromatic rings. The van der Waals surface area contributed by atoms with E-state index in [-0.39, 0.29) is 11.1 Å². The summed E-state index contributed by atoms with van der Waals surface area (Å²) in [5.74, 6) is 0. The molecule has 3 heteroatoms. The van der Waals surface area contributed by atoms with Gasteiger partial charge in [0.1, 0.15) is 5.60 Å². The average molecular weight is 212 g/mol. The third-order valence-corrected chi connectivity index (χ3v) is 2.72. The standard InChI is InChI=1S/C12H24N2O/c1-11(2,3)15-10(13)14-12(4)8-6-5-7-9-12/h5-9H2,1-4H3,(H2,13,14). The Kier molecular flexibility index (Phi) is 3.63. The summed E-state index contributed by atoms with van der Waals surface area (Å²) in [6.07, 6.45) is 6.08. The van der Waals surface area contributed by atoms with Crippen LogP contribution in [0.4, 0.5) is 0 Å². The molecule has 0 unspecified atom stereocenters. The number of nitrogens with two attached hydrogens (primary N) is 1. The quantitative estimate of drug-likeness (QED) is 0.536. The number of hydrogen-bond donors (Lipinski definition) is 1. The molecule has 1 aliphatic rings. The zero-order valence-electron chi connectivity index (χ0n) is 10.5. The van der Waals surface area contributed by atoms with Crippen molar-refractivity contribution in [2.24, 2.45) is 10.7 Å². The van der Waals surface area contributed by atoms with E-state index < -0.39 is 0 Å². The summed E-state index contributed by atoms with van der Waals surface area (Å²) < 4.78 is 5.53. The van der Waals surface area contributed by atoms with Crippen molar-refractivity contribution in [3.8, 4) is 0 Å². The maximum Gasteiger partial charge on any atom is 0.282 e. The molecule has 88 valence electrons. The molecule has 3 nitrogen and oxygen atoms in total. The smallest absolute Gasteiger partial charge is 0.282 e. The number of amidine groups is 1. The molecule has 0 aromatic carbocycles. The molecular weight excluding hydrogens is 188 g/mol. The van der Waals surface area contributed by atoms with Gasteiger partial charge in [-0.15, -0.1) is 0 Å². The summed E-state index contributed by atoms with van der Waals surface area (Å²) in [7, 11) is 0. The van der Waals surface area contributed by atoms with Crippen molar-refractivity contribution in [1.29, 1.82) is 0 Å². The second kappa shape index (κ2) is 4.42. The highest BCUT2D eigenvalue weighted by Gasteiger charge is 2.27. The van der Waals surface area contributed by atoms with Crippen LogP contribution in [0.5, 0.6) is 0 Å². The molecule has 0 heterocycles. The Labute approximate surface area is 93.1 Å². The van der Waals surface area contributed by atoms with Gasteiger partial charge in [0.05, 0.1) is 5.54 Å². The maximum atomic E-state index is 5.80. The molecule has 0 amide bonds. The minimum atomic E-state index is -0.251. The normalized spacial score (nSPS) is 22.5. The highest BCUT2D eigenvalue weighted by atomic mass is 16.5. The third-order valence-electron chi connectivity index (χ3n) is 2.72. The Bertz CT molecular complexity index is 234. The van der Waals surface area contributed by atoms with E-state index in [0.717, 1.165) is 12.8 Å². The number of nitrogens with zero attached hydrogens (tertiary/aromatic N) is 1. The van der Waals surface area contributed by atoms with E-state index in [9.17, 15) is 0 Å². The van der Waals surface area contributed by atoms with Crippen LogP contribution in [0.15, 0.2) is 4.99 Å². The maximum absolute atomic E-state index is 5.80. The number of aliphatic imine (C=N–C) groups is 1. The zero-order valence-corrected chi connectivity index (χ0v) is 10.5. The third kappa shape index (κ3) is 4.54. The Balaban J connectivity index is 2.60. The highest BCUT2D eigenvalue weighted by Crippen LogP contribution is 2.31. The van der Waals surface area contributed by atoms with E-state index in [0.29, 0.717) is 6.02 Å². The van der Waals surface area contributed by atoms with Crippen LogP contribution in [0.25, 0.3) is 0 Å². The van der Waals surface area contributed by atoms with Gasteiger partial charge >= 0.3 is 0 Å². The van der Waals surface area contributed by atoms with E-state index in [4.69, 9.17) is 10.5 Å². The zero-order chi connectivity index (χ0) is 11.5. The molecule has 15 heavy (non-hydrogen) atoms. The lowest BCUT2D eigenvalue weighted by Gasteiger charge is -2.30. The van der Waals surface area contributed by atoms with Gasteiger partial charge in [-0.1, -0.05) is 19.3 Å². The van der Waals surface area contributed by atoms with Crippen LogP contribution in [0, 0.1) is 0 Å². The van der Waals surface area contributed by atoms with Crippen LogP contribution in [0.1, 0.15) is 59.8 Å². The molecule has 0 aliphatic heterocycles. The Hall–Kier alpha value is -0.730. The van der Waals surface area contributed by atoms with Crippen LogP contribution in [0.3, 0.4) is 0 Å². The monoisotopic (exact) mass is 212 g/mol. The van der Waals surface area contributed by atoms with Gasteiger partial charge in [0.2, 0.25) is 0 Å². The molecule has 0 atom stereocenters. The fraction of sp³-hybridized carbons (Fsp3) is 0.917. The lowest BCUT2D eigenvalue weighted by atomic mass is 9.84. The Morgan fingerprint density at radius 1 is 1.20 bits per heavy atom. The molecule has 2 N–H and O–H groups in total. The summed E-state index contributed by atoms with van der Waals surface area (Å²) in [5.41, 5.74) is 5.56. The van der Waals surface area contributed by atoms with E-state index >= 15 is 0 Å². The van der Waals surface area contributed by atoms with Crippen molar-refractivity contribution < 1.29 is 4.74 Å². The van der Waals surface area contributed by atoms with Crippen LogP contribution in [-0.4, -0.2) is 17.2 Å². The summed E-state index contributed by atoms with van der Waals surface area (Å²) in [5, 5.41) is 0. The summed E-state index contributed by atoms with van der Waals surface area (Å²) in [6, 6.07) is 0.340. The lowest BCUT2D eigenvalue weighted by Crippen LogP contribution is -2.34. The molecular formula is C12H24N2O. The lowest BCUT2D eigenvalue weighted by molar-refractivity contribution is 0.110. The SMILES string of the molecule is CC1(N=C(N)OC(C)(C)C)CCCCC1. The topological polar surface area (TPSA) is 47.6 Å². The van der Waals surface area contributed by atoms with Crippen molar-refractivity contribution in [3.63, 3.8) is 0 Å². The van der Waals surface area contributed by atoms with Crippen molar-refractivity contribution >= 4 is 6.02 Å². The van der Waals surface area contributed by atoms with Crippen LogP contribution < -0.4 is 5.73 Å². The first-order valence-electron chi connectivity index (χ1n) is 5.85. The predicted octanol–water partition coefficient (Wildman–Crippen LogP) is 2.84. The first-order chi connectivity index (χ1) is 6.81. The van der Waals surface area contributed by atoms with Crippen LogP contribution >= 0.6 is 0 Å². The van der Waals surface area contributed by atoms with Gasteiger partial charge in [0.15, 0.2) is 0 Å². The largest absolute Gasteiger partial charge is 0.460 e. The van der Waals surface area contributed by atoms with Gasteiger partial charge in [-0.25, -0.2) is 4.99 Å². The van der Waals surface area contributed by atoms with Gasteiger partial charge in [0, 0.05) is 0 Å². The molecule has 0 spiro atoms. The highest BCUT2D eigenvalue weighted by molar-refractivity contribution is 5.72. The molecule has 1 aliphatic carbocycles. The van der Waals surface area contributed by atoms with E-state index in [1.165, 1.54) is 19.3 Å².